The number of hydrogen-bond donors (Lipinski definition) is 1. The van der Waals surface area contributed by atoms with E-state index in [0.717, 1.165) is 12.8 Å². The van der Waals surface area contributed by atoms with Crippen molar-refractivity contribution in [2.45, 2.75) is 32.1 Å². The van der Waals surface area contributed by atoms with E-state index in [1.807, 2.05) is 0 Å². The predicted molar refractivity (Wildman–Crippen MR) is 88.5 cm³/mol. The largest absolute Gasteiger partial charge is 0.355 e. The second kappa shape index (κ2) is 5.49. The van der Waals surface area contributed by atoms with Crippen LogP contribution < -0.4 is 0 Å². The molecule has 20 heavy (non-hydrogen) atoms. The van der Waals surface area contributed by atoms with Crippen molar-refractivity contribution in [1.82, 2.24) is 4.98 Å². The van der Waals surface area contributed by atoms with Crippen molar-refractivity contribution in [3.63, 3.8) is 0 Å². The molecule has 104 valence electrons. The zero-order valence-electron chi connectivity index (χ0n) is 12.0. The normalized spacial score (nSPS) is 13.4. The molecule has 1 nitrogen and oxygen atoms in total. The van der Waals surface area contributed by atoms with Crippen molar-refractivity contribution >= 4 is 33.4 Å². The second-order valence-electron chi connectivity index (χ2n) is 5.45. The SMILES string of the molecule is CCC(CC)C(Cl)c1ccc2[nH]c3ccccc3c2c1. The Hall–Kier alpha value is -1.47. The van der Waals surface area contributed by atoms with Gasteiger partial charge >= 0.3 is 0 Å². The number of nitrogens with one attached hydrogen (secondary N) is 1. The van der Waals surface area contributed by atoms with E-state index >= 15 is 0 Å². The molecule has 0 saturated heterocycles. The lowest BCUT2D eigenvalue weighted by Gasteiger charge is -2.19. The maximum atomic E-state index is 6.68. The van der Waals surface area contributed by atoms with E-state index in [2.05, 4.69) is 61.3 Å². The van der Waals surface area contributed by atoms with Crippen LogP contribution in [0, 0.1) is 5.92 Å². The molecule has 2 aromatic carbocycles. The van der Waals surface area contributed by atoms with Gasteiger partial charge in [-0.2, -0.15) is 0 Å². The minimum atomic E-state index is 0.100. The lowest BCUT2D eigenvalue weighted by atomic mass is 9.93. The van der Waals surface area contributed by atoms with Crippen LogP contribution >= 0.6 is 11.6 Å². The van der Waals surface area contributed by atoms with Gasteiger partial charge in [0.05, 0.1) is 5.38 Å². The van der Waals surface area contributed by atoms with Gasteiger partial charge in [-0.25, -0.2) is 0 Å². The lowest BCUT2D eigenvalue weighted by Crippen LogP contribution is -2.05. The Morgan fingerprint density at radius 3 is 2.40 bits per heavy atom. The first-order valence-corrected chi connectivity index (χ1v) is 7.82. The van der Waals surface area contributed by atoms with Crippen LogP contribution in [0.5, 0.6) is 0 Å². The average molecular weight is 286 g/mol. The number of H-pyrrole nitrogens is 1. The van der Waals surface area contributed by atoms with Crippen LogP contribution in [-0.4, -0.2) is 4.98 Å². The van der Waals surface area contributed by atoms with Gasteiger partial charge in [-0.1, -0.05) is 51.0 Å². The number of aromatic nitrogens is 1. The van der Waals surface area contributed by atoms with Gasteiger partial charge in [0.25, 0.3) is 0 Å². The van der Waals surface area contributed by atoms with E-state index in [9.17, 15) is 0 Å². The molecule has 1 heterocycles. The minimum Gasteiger partial charge on any atom is -0.355 e. The van der Waals surface area contributed by atoms with E-state index in [1.165, 1.54) is 27.4 Å². The van der Waals surface area contributed by atoms with Crippen LogP contribution in [0.4, 0.5) is 0 Å². The van der Waals surface area contributed by atoms with Gasteiger partial charge in [-0.15, -0.1) is 11.6 Å². The third-order valence-corrected chi connectivity index (χ3v) is 4.92. The number of aromatic amines is 1. The molecule has 3 aromatic rings. The first-order chi connectivity index (χ1) is 9.74. The van der Waals surface area contributed by atoms with Crippen LogP contribution in [0.25, 0.3) is 21.8 Å². The molecule has 2 heteroatoms. The first-order valence-electron chi connectivity index (χ1n) is 7.39. The van der Waals surface area contributed by atoms with Gasteiger partial charge in [0.15, 0.2) is 0 Å². The minimum absolute atomic E-state index is 0.100. The highest BCUT2D eigenvalue weighted by Crippen LogP contribution is 2.36. The standard InChI is InChI=1S/C18H20ClN/c1-3-12(4-2)18(19)13-9-10-17-15(11-13)14-7-5-6-8-16(14)20-17/h5-12,18,20H,3-4H2,1-2H3. The lowest BCUT2D eigenvalue weighted by molar-refractivity contribution is 0.476. The van der Waals surface area contributed by atoms with Crippen LogP contribution in [0.1, 0.15) is 37.6 Å². The fourth-order valence-corrected chi connectivity index (χ4v) is 3.50. The number of alkyl halides is 1. The molecule has 0 bridgehead atoms. The van der Waals surface area contributed by atoms with Crippen LogP contribution in [0.15, 0.2) is 42.5 Å². The molecule has 0 aliphatic heterocycles. The number of para-hydroxylation sites is 1. The maximum absolute atomic E-state index is 6.68. The molecule has 1 aromatic heterocycles. The highest BCUT2D eigenvalue weighted by Gasteiger charge is 2.18. The van der Waals surface area contributed by atoms with Gasteiger partial charge < -0.3 is 4.98 Å². The Kier molecular flexibility index (Phi) is 3.71. The third kappa shape index (κ3) is 2.20. The Labute approximate surface area is 124 Å². The summed E-state index contributed by atoms with van der Waals surface area (Å²) in [6, 6.07) is 15.0. The van der Waals surface area contributed by atoms with Gasteiger partial charge in [-0.3, -0.25) is 0 Å². The Balaban J connectivity index is 2.12. The van der Waals surface area contributed by atoms with Crippen LogP contribution in [0.2, 0.25) is 0 Å². The zero-order valence-corrected chi connectivity index (χ0v) is 12.7. The van der Waals surface area contributed by atoms with E-state index in [1.54, 1.807) is 0 Å². The van der Waals surface area contributed by atoms with E-state index in [-0.39, 0.29) is 5.38 Å². The fourth-order valence-electron chi connectivity index (χ4n) is 3.01. The summed E-state index contributed by atoms with van der Waals surface area (Å²) in [6.07, 6.45) is 2.24. The Morgan fingerprint density at radius 2 is 1.65 bits per heavy atom. The van der Waals surface area contributed by atoms with Gasteiger partial charge in [0, 0.05) is 21.8 Å². The average Bonchev–Trinajstić information content (AvgIpc) is 2.86. The molecular weight excluding hydrogens is 266 g/mol. The summed E-state index contributed by atoms with van der Waals surface area (Å²) in [5.41, 5.74) is 3.61. The summed E-state index contributed by atoms with van der Waals surface area (Å²) >= 11 is 6.68. The zero-order chi connectivity index (χ0) is 14.1. The van der Waals surface area contributed by atoms with Crippen molar-refractivity contribution in [1.29, 1.82) is 0 Å². The molecule has 3 rings (SSSR count). The van der Waals surface area contributed by atoms with Crippen molar-refractivity contribution in [2.75, 3.05) is 0 Å². The first kappa shape index (κ1) is 13.5. The molecule has 0 saturated carbocycles. The van der Waals surface area contributed by atoms with Crippen molar-refractivity contribution in [2.24, 2.45) is 5.92 Å². The number of rotatable bonds is 4. The van der Waals surface area contributed by atoms with Crippen molar-refractivity contribution in [3.05, 3.63) is 48.0 Å². The Morgan fingerprint density at radius 1 is 0.950 bits per heavy atom. The Bertz CT molecular complexity index is 724. The summed E-state index contributed by atoms with van der Waals surface area (Å²) in [5, 5.41) is 2.65. The smallest absolute Gasteiger partial charge is 0.0613 e. The summed E-state index contributed by atoms with van der Waals surface area (Å²) in [7, 11) is 0. The molecule has 0 fully saturated rings. The quantitative estimate of drug-likeness (QED) is 0.563. The molecule has 0 amide bonds. The summed E-state index contributed by atoms with van der Waals surface area (Å²) in [5.74, 6) is 0.541. The topological polar surface area (TPSA) is 15.8 Å². The van der Waals surface area contributed by atoms with E-state index in [0.29, 0.717) is 5.92 Å². The van der Waals surface area contributed by atoms with Gasteiger partial charge in [-0.05, 0) is 29.7 Å². The fraction of sp³-hybridized carbons (Fsp3) is 0.333. The molecule has 1 unspecified atom stereocenters. The third-order valence-electron chi connectivity index (χ3n) is 4.31. The summed E-state index contributed by atoms with van der Waals surface area (Å²) in [6.45, 7) is 4.43. The van der Waals surface area contributed by atoms with Gasteiger partial charge in [0.1, 0.15) is 0 Å². The molecular formula is C18H20ClN. The summed E-state index contributed by atoms with van der Waals surface area (Å²) in [4.78, 5) is 3.46. The second-order valence-corrected chi connectivity index (χ2v) is 5.92. The molecule has 1 atom stereocenters. The predicted octanol–water partition coefficient (Wildman–Crippen LogP) is 6.04. The van der Waals surface area contributed by atoms with Gasteiger partial charge in [0.2, 0.25) is 0 Å². The molecule has 0 spiro atoms. The van der Waals surface area contributed by atoms with E-state index in [4.69, 9.17) is 11.6 Å². The van der Waals surface area contributed by atoms with Crippen molar-refractivity contribution in [3.8, 4) is 0 Å². The highest BCUT2D eigenvalue weighted by molar-refractivity contribution is 6.21. The number of hydrogen-bond acceptors (Lipinski definition) is 0. The molecule has 0 radical (unpaired) electrons. The number of benzene rings is 2. The maximum Gasteiger partial charge on any atom is 0.0613 e. The van der Waals surface area contributed by atoms with Crippen molar-refractivity contribution < 1.29 is 0 Å². The van der Waals surface area contributed by atoms with Crippen LogP contribution in [0.3, 0.4) is 0 Å². The molecule has 0 aliphatic carbocycles. The van der Waals surface area contributed by atoms with Crippen LogP contribution in [-0.2, 0) is 0 Å². The number of fused-ring (bicyclic) bond motifs is 3. The monoisotopic (exact) mass is 285 g/mol. The summed E-state index contributed by atoms with van der Waals surface area (Å²) < 4.78 is 0. The highest BCUT2D eigenvalue weighted by atomic mass is 35.5. The van der Waals surface area contributed by atoms with E-state index < -0.39 is 0 Å². The molecule has 0 aliphatic rings. The molecule has 1 N–H and O–H groups in total. The number of halogens is 1.